The van der Waals surface area contributed by atoms with Crippen LogP contribution in [-0.2, 0) is 0 Å². The molecule has 3 heteroatoms. The second kappa shape index (κ2) is 3.62. The van der Waals surface area contributed by atoms with E-state index in [9.17, 15) is 0 Å². The zero-order valence-corrected chi connectivity index (χ0v) is 9.28. The van der Waals surface area contributed by atoms with Crippen LogP contribution in [0.1, 0.15) is 0 Å². The number of thiol groups is 1. The largest absolute Gasteiger partial charge is 0.497 e. The lowest BCUT2D eigenvalue weighted by molar-refractivity contribution is 0.413. The van der Waals surface area contributed by atoms with Crippen LogP contribution < -0.4 is 4.74 Å². The van der Waals surface area contributed by atoms with E-state index in [-0.39, 0.29) is 0 Å². The molecule has 0 aliphatic rings. The standard InChI is InChI=1S/C9H14OS2/c1-10-8-5-4-6-9(7-8)12(2,3)11/h4-7,11H,1-3H3. The van der Waals surface area contributed by atoms with Gasteiger partial charge in [0.05, 0.1) is 7.11 Å². The van der Waals surface area contributed by atoms with Crippen molar-refractivity contribution in [3.63, 3.8) is 0 Å². The molecular weight excluding hydrogens is 188 g/mol. The first-order valence-corrected chi connectivity index (χ1v) is 7.14. The summed E-state index contributed by atoms with van der Waals surface area (Å²) in [5.74, 6) is 0.905. The number of hydrogen-bond donors (Lipinski definition) is 1. The lowest BCUT2D eigenvalue weighted by Gasteiger charge is -2.24. The molecule has 0 radical (unpaired) electrons. The van der Waals surface area contributed by atoms with E-state index in [1.165, 1.54) is 4.90 Å². The van der Waals surface area contributed by atoms with Gasteiger partial charge in [0.25, 0.3) is 0 Å². The second-order valence-corrected chi connectivity index (χ2v) is 8.71. The fourth-order valence-electron chi connectivity index (χ4n) is 0.912. The van der Waals surface area contributed by atoms with Crippen molar-refractivity contribution in [1.82, 2.24) is 0 Å². The highest BCUT2D eigenvalue weighted by molar-refractivity contribution is 8.87. The van der Waals surface area contributed by atoms with Gasteiger partial charge in [-0.2, -0.15) is 9.06 Å². The van der Waals surface area contributed by atoms with Crippen molar-refractivity contribution in [2.45, 2.75) is 4.90 Å². The molecule has 0 saturated heterocycles. The van der Waals surface area contributed by atoms with Crippen LogP contribution in [0.3, 0.4) is 0 Å². The normalized spacial score (nSPS) is 12.7. The highest BCUT2D eigenvalue weighted by Gasteiger charge is 2.08. The van der Waals surface area contributed by atoms with Crippen LogP contribution in [0.15, 0.2) is 29.2 Å². The zero-order valence-electron chi connectivity index (χ0n) is 7.57. The van der Waals surface area contributed by atoms with Gasteiger partial charge in [-0.15, -0.1) is 11.7 Å². The van der Waals surface area contributed by atoms with Crippen molar-refractivity contribution < 1.29 is 4.74 Å². The van der Waals surface area contributed by atoms with E-state index in [1.807, 2.05) is 18.2 Å². The predicted octanol–water partition coefficient (Wildman–Crippen LogP) is 2.96. The Morgan fingerprint density at radius 2 is 2.00 bits per heavy atom. The third kappa shape index (κ3) is 2.35. The molecule has 1 nitrogen and oxygen atoms in total. The molecule has 0 fully saturated rings. The van der Waals surface area contributed by atoms with Crippen LogP contribution in [0.5, 0.6) is 5.75 Å². The van der Waals surface area contributed by atoms with Crippen molar-refractivity contribution in [1.29, 1.82) is 0 Å². The molecule has 0 N–H and O–H groups in total. The Morgan fingerprint density at radius 1 is 1.33 bits per heavy atom. The van der Waals surface area contributed by atoms with E-state index in [4.69, 9.17) is 4.74 Å². The smallest absolute Gasteiger partial charge is 0.119 e. The van der Waals surface area contributed by atoms with Crippen LogP contribution in [0.4, 0.5) is 0 Å². The molecule has 0 unspecified atom stereocenters. The summed E-state index contributed by atoms with van der Waals surface area (Å²) in [6.07, 6.45) is 4.29. The van der Waals surface area contributed by atoms with Crippen LogP contribution in [0.2, 0.25) is 0 Å². The molecular formula is C9H14OS2. The lowest BCUT2D eigenvalue weighted by atomic mass is 10.3. The van der Waals surface area contributed by atoms with Crippen molar-refractivity contribution in [3.05, 3.63) is 24.3 Å². The summed E-state index contributed by atoms with van der Waals surface area (Å²) >= 11 is 4.56. The molecule has 0 saturated carbocycles. The molecule has 0 aromatic heterocycles. The maximum absolute atomic E-state index is 5.13. The van der Waals surface area contributed by atoms with E-state index in [0.717, 1.165) is 5.75 Å². The first-order chi connectivity index (χ1) is 5.54. The molecule has 0 aliphatic carbocycles. The van der Waals surface area contributed by atoms with Crippen LogP contribution in [0.25, 0.3) is 0 Å². The van der Waals surface area contributed by atoms with Gasteiger partial charge in [-0.05, 0) is 30.7 Å². The first kappa shape index (κ1) is 9.81. The summed E-state index contributed by atoms with van der Waals surface area (Å²) < 4.78 is 5.13. The first-order valence-electron chi connectivity index (χ1n) is 3.64. The SMILES string of the molecule is COc1cccc(S(C)(C)S)c1. The minimum absolute atomic E-state index is 0.905. The number of methoxy groups -OCH3 is 1. The summed E-state index contributed by atoms with van der Waals surface area (Å²) in [6, 6.07) is 8.08. The fraction of sp³-hybridized carbons (Fsp3) is 0.333. The quantitative estimate of drug-likeness (QED) is 0.573. The number of rotatable bonds is 2. The van der Waals surface area contributed by atoms with Gasteiger partial charge in [0.2, 0.25) is 0 Å². The third-order valence-corrected chi connectivity index (χ3v) is 3.66. The van der Waals surface area contributed by atoms with Gasteiger partial charge in [0, 0.05) is 4.90 Å². The summed E-state index contributed by atoms with van der Waals surface area (Å²) in [7, 11) is 0.760. The Labute approximate surface area is 80.3 Å². The molecule has 1 rings (SSSR count). The van der Waals surface area contributed by atoms with Crippen molar-refractivity contribution in [3.8, 4) is 5.75 Å². The van der Waals surface area contributed by atoms with Gasteiger partial charge in [-0.3, -0.25) is 0 Å². The molecule has 0 heterocycles. The number of hydrogen-bond acceptors (Lipinski definition) is 2. The average molecular weight is 202 g/mol. The van der Waals surface area contributed by atoms with Crippen molar-refractivity contribution >= 4 is 20.7 Å². The summed E-state index contributed by atoms with van der Waals surface area (Å²) in [4.78, 5) is 1.25. The average Bonchev–Trinajstić information content (AvgIpc) is 2.03. The fourth-order valence-corrected chi connectivity index (χ4v) is 2.07. The topological polar surface area (TPSA) is 9.23 Å². The van der Waals surface area contributed by atoms with E-state index in [2.05, 4.69) is 30.2 Å². The molecule has 1 aromatic carbocycles. The summed E-state index contributed by atoms with van der Waals surface area (Å²) in [5, 5.41) is 0. The number of benzene rings is 1. The zero-order chi connectivity index (χ0) is 9.19. The van der Waals surface area contributed by atoms with E-state index in [1.54, 1.807) is 7.11 Å². The molecule has 68 valence electrons. The minimum atomic E-state index is -0.921. The monoisotopic (exact) mass is 202 g/mol. The molecule has 12 heavy (non-hydrogen) atoms. The summed E-state index contributed by atoms with van der Waals surface area (Å²) in [6.45, 7) is 0. The molecule has 0 atom stereocenters. The van der Waals surface area contributed by atoms with Gasteiger partial charge >= 0.3 is 0 Å². The molecule has 0 bridgehead atoms. The molecule has 0 aliphatic heterocycles. The number of ether oxygens (including phenoxy) is 1. The van der Waals surface area contributed by atoms with Gasteiger partial charge in [-0.1, -0.05) is 6.07 Å². The Morgan fingerprint density at radius 3 is 2.50 bits per heavy atom. The Bertz CT molecular complexity index is 265. The van der Waals surface area contributed by atoms with Gasteiger partial charge in [0.15, 0.2) is 0 Å². The predicted molar refractivity (Wildman–Crippen MR) is 59.7 cm³/mol. The maximum Gasteiger partial charge on any atom is 0.119 e. The van der Waals surface area contributed by atoms with Crippen LogP contribution in [-0.4, -0.2) is 19.6 Å². The van der Waals surface area contributed by atoms with Crippen LogP contribution >= 0.6 is 20.7 Å². The van der Waals surface area contributed by atoms with Gasteiger partial charge < -0.3 is 4.74 Å². The Balaban J connectivity index is 3.02. The highest BCUT2D eigenvalue weighted by Crippen LogP contribution is 2.53. The van der Waals surface area contributed by atoms with E-state index >= 15 is 0 Å². The summed E-state index contributed by atoms with van der Waals surface area (Å²) in [5.41, 5.74) is 0. The minimum Gasteiger partial charge on any atom is -0.497 e. The van der Waals surface area contributed by atoms with Crippen molar-refractivity contribution in [2.75, 3.05) is 19.6 Å². The molecule has 0 spiro atoms. The van der Waals surface area contributed by atoms with E-state index < -0.39 is 9.06 Å². The van der Waals surface area contributed by atoms with Gasteiger partial charge in [-0.25, -0.2) is 0 Å². The third-order valence-electron chi connectivity index (χ3n) is 1.62. The molecule has 1 aromatic rings. The Kier molecular flexibility index (Phi) is 2.96. The van der Waals surface area contributed by atoms with Crippen LogP contribution in [0, 0.1) is 0 Å². The maximum atomic E-state index is 5.13. The van der Waals surface area contributed by atoms with Crippen molar-refractivity contribution in [2.24, 2.45) is 0 Å². The highest BCUT2D eigenvalue weighted by atomic mass is 33.1. The second-order valence-electron chi connectivity index (χ2n) is 2.95. The van der Waals surface area contributed by atoms with E-state index in [0.29, 0.717) is 0 Å². The molecule has 0 amide bonds. The lowest BCUT2D eigenvalue weighted by Crippen LogP contribution is -1.88. The van der Waals surface area contributed by atoms with Gasteiger partial charge in [0.1, 0.15) is 5.75 Å². The Hall–Kier alpha value is -0.280.